The highest BCUT2D eigenvalue weighted by Crippen LogP contribution is 2.49. The van der Waals surface area contributed by atoms with Crippen LogP contribution in [0, 0.1) is 5.41 Å². The van der Waals surface area contributed by atoms with E-state index in [2.05, 4.69) is 10.2 Å². The number of likely N-dealkylation sites (tertiary alicyclic amines) is 1. The molecule has 3 fully saturated rings. The minimum atomic E-state index is -0.831. The van der Waals surface area contributed by atoms with Crippen molar-refractivity contribution in [2.45, 2.75) is 25.7 Å². The van der Waals surface area contributed by atoms with E-state index in [0.717, 1.165) is 50.4 Å². The van der Waals surface area contributed by atoms with Crippen LogP contribution in [-0.2, 0) is 14.3 Å². The Morgan fingerprint density at radius 1 is 1.00 bits per heavy atom. The van der Waals surface area contributed by atoms with Crippen molar-refractivity contribution in [1.29, 1.82) is 0 Å². The highest BCUT2D eigenvalue weighted by atomic mass is 16.5. The number of nitrogens with zero attached hydrogens (tertiary/aromatic N) is 2. The van der Waals surface area contributed by atoms with Crippen molar-refractivity contribution in [3.05, 3.63) is 24.3 Å². The summed E-state index contributed by atoms with van der Waals surface area (Å²) in [6.45, 7) is 4.59. The van der Waals surface area contributed by atoms with Gasteiger partial charge >= 0.3 is 0 Å². The first-order chi connectivity index (χ1) is 12.2. The molecule has 0 spiro atoms. The Labute approximate surface area is 148 Å². The summed E-state index contributed by atoms with van der Waals surface area (Å²) < 4.78 is 5.42. The zero-order valence-electron chi connectivity index (χ0n) is 14.5. The van der Waals surface area contributed by atoms with E-state index in [0.29, 0.717) is 26.1 Å². The van der Waals surface area contributed by atoms with E-state index in [1.165, 1.54) is 0 Å². The van der Waals surface area contributed by atoms with Gasteiger partial charge in [0.1, 0.15) is 5.41 Å². The summed E-state index contributed by atoms with van der Waals surface area (Å²) in [6.07, 6.45) is 3.41. The summed E-state index contributed by atoms with van der Waals surface area (Å²) in [5.74, 6) is -0.128. The molecule has 134 valence electrons. The van der Waals surface area contributed by atoms with Crippen molar-refractivity contribution >= 4 is 23.2 Å². The molecule has 0 radical (unpaired) electrons. The van der Waals surface area contributed by atoms with Gasteiger partial charge in [-0.25, -0.2) is 0 Å². The van der Waals surface area contributed by atoms with E-state index < -0.39 is 5.41 Å². The second-order valence-electron chi connectivity index (χ2n) is 7.15. The molecule has 4 rings (SSSR count). The molecule has 0 aromatic heterocycles. The first-order valence-electron chi connectivity index (χ1n) is 9.23. The number of benzene rings is 1. The molecule has 1 aliphatic carbocycles. The van der Waals surface area contributed by atoms with Crippen LogP contribution in [0.1, 0.15) is 25.7 Å². The van der Waals surface area contributed by atoms with Crippen LogP contribution in [0.15, 0.2) is 24.3 Å². The third kappa shape index (κ3) is 3.11. The molecule has 2 heterocycles. The van der Waals surface area contributed by atoms with Gasteiger partial charge in [0.05, 0.1) is 24.6 Å². The fourth-order valence-electron chi connectivity index (χ4n) is 3.79. The number of ether oxygens (including phenoxy) is 1. The maximum atomic E-state index is 12.9. The maximum absolute atomic E-state index is 12.9. The van der Waals surface area contributed by atoms with Gasteiger partial charge in [-0.1, -0.05) is 12.1 Å². The Bertz CT molecular complexity index is 660. The Morgan fingerprint density at radius 3 is 2.36 bits per heavy atom. The third-order valence-electron chi connectivity index (χ3n) is 5.49. The summed E-state index contributed by atoms with van der Waals surface area (Å²) in [6, 6.07) is 7.83. The molecule has 0 unspecified atom stereocenters. The lowest BCUT2D eigenvalue weighted by Gasteiger charge is -2.31. The molecule has 0 atom stereocenters. The van der Waals surface area contributed by atoms with Crippen LogP contribution in [0.25, 0.3) is 0 Å². The number of carbonyl (C=O) groups excluding carboxylic acids is 2. The lowest BCUT2D eigenvalue weighted by molar-refractivity contribution is -0.141. The number of hydrogen-bond acceptors (Lipinski definition) is 4. The molecule has 0 bridgehead atoms. The van der Waals surface area contributed by atoms with Crippen LogP contribution in [0.2, 0.25) is 0 Å². The largest absolute Gasteiger partial charge is 0.378 e. The summed E-state index contributed by atoms with van der Waals surface area (Å²) in [7, 11) is 0. The highest BCUT2D eigenvalue weighted by molar-refractivity contribution is 6.13. The van der Waals surface area contributed by atoms with Crippen LogP contribution < -0.4 is 10.2 Å². The molecular formula is C19H25N3O3. The predicted octanol–water partition coefficient (Wildman–Crippen LogP) is 1.86. The number of carbonyl (C=O) groups is 2. The number of nitrogens with one attached hydrogen (secondary N) is 1. The van der Waals surface area contributed by atoms with E-state index in [4.69, 9.17) is 4.74 Å². The topological polar surface area (TPSA) is 61.9 Å². The lowest BCUT2D eigenvalue weighted by Crippen LogP contribution is -2.42. The van der Waals surface area contributed by atoms with Gasteiger partial charge in [-0.05, 0) is 37.8 Å². The second kappa shape index (κ2) is 6.67. The van der Waals surface area contributed by atoms with Gasteiger partial charge in [-0.2, -0.15) is 0 Å². The Balaban J connectivity index is 1.50. The number of anilines is 2. The number of para-hydroxylation sites is 2. The molecule has 1 N–H and O–H groups in total. The van der Waals surface area contributed by atoms with Crippen molar-refractivity contribution < 1.29 is 14.3 Å². The average Bonchev–Trinajstić information content (AvgIpc) is 3.29. The van der Waals surface area contributed by atoms with Crippen LogP contribution in [-0.4, -0.2) is 56.1 Å². The van der Waals surface area contributed by atoms with Crippen LogP contribution in [0.5, 0.6) is 0 Å². The van der Waals surface area contributed by atoms with Crippen LogP contribution in [0.3, 0.4) is 0 Å². The first-order valence-corrected chi connectivity index (χ1v) is 9.23. The molecule has 6 heteroatoms. The van der Waals surface area contributed by atoms with Crippen molar-refractivity contribution in [3.8, 4) is 0 Å². The van der Waals surface area contributed by atoms with E-state index in [9.17, 15) is 9.59 Å². The summed E-state index contributed by atoms with van der Waals surface area (Å²) in [4.78, 5) is 29.8. The average molecular weight is 343 g/mol. The van der Waals surface area contributed by atoms with Gasteiger partial charge < -0.3 is 19.9 Å². The Morgan fingerprint density at radius 2 is 1.68 bits per heavy atom. The maximum Gasteiger partial charge on any atom is 0.240 e. The van der Waals surface area contributed by atoms with Crippen LogP contribution >= 0.6 is 0 Å². The van der Waals surface area contributed by atoms with Crippen molar-refractivity contribution in [2.24, 2.45) is 5.41 Å². The van der Waals surface area contributed by atoms with E-state index in [-0.39, 0.29) is 11.8 Å². The molecule has 25 heavy (non-hydrogen) atoms. The van der Waals surface area contributed by atoms with E-state index in [1.54, 1.807) is 0 Å². The number of hydrogen-bond donors (Lipinski definition) is 1. The normalized spacial score (nSPS) is 21.9. The van der Waals surface area contributed by atoms with Gasteiger partial charge in [0.15, 0.2) is 0 Å². The summed E-state index contributed by atoms with van der Waals surface area (Å²) in [5, 5.41) is 3.05. The fourth-order valence-corrected chi connectivity index (χ4v) is 3.79. The minimum absolute atomic E-state index is 0.0198. The minimum Gasteiger partial charge on any atom is -0.378 e. The Kier molecular flexibility index (Phi) is 4.37. The second-order valence-corrected chi connectivity index (χ2v) is 7.15. The van der Waals surface area contributed by atoms with Gasteiger partial charge in [-0.15, -0.1) is 0 Å². The van der Waals surface area contributed by atoms with Gasteiger partial charge in [0, 0.05) is 26.2 Å². The molecule has 2 saturated heterocycles. The van der Waals surface area contributed by atoms with Gasteiger partial charge in [0.2, 0.25) is 11.8 Å². The SMILES string of the molecule is O=C(Nc1ccccc1N1CCOCC1)C1(C(=O)N2CCCC2)CC1. The van der Waals surface area contributed by atoms with Crippen molar-refractivity contribution in [1.82, 2.24) is 4.90 Å². The van der Waals surface area contributed by atoms with Crippen LogP contribution in [0.4, 0.5) is 11.4 Å². The quantitative estimate of drug-likeness (QED) is 0.848. The Hall–Kier alpha value is -2.08. The number of amides is 2. The standard InChI is InChI=1S/C19H25N3O3/c23-17(19(7-8-19)18(24)22-9-3-4-10-22)20-15-5-1-2-6-16(15)21-11-13-25-14-12-21/h1-2,5-6H,3-4,7-14H2,(H,20,23). The summed E-state index contributed by atoms with van der Waals surface area (Å²) in [5.41, 5.74) is 0.959. The molecular weight excluding hydrogens is 318 g/mol. The molecule has 1 aromatic rings. The number of morpholine rings is 1. The van der Waals surface area contributed by atoms with Crippen molar-refractivity contribution in [3.63, 3.8) is 0 Å². The fraction of sp³-hybridized carbons (Fsp3) is 0.579. The van der Waals surface area contributed by atoms with E-state index in [1.807, 2.05) is 29.2 Å². The van der Waals surface area contributed by atoms with Crippen molar-refractivity contribution in [2.75, 3.05) is 49.6 Å². The lowest BCUT2D eigenvalue weighted by atomic mass is 10.0. The smallest absolute Gasteiger partial charge is 0.240 e. The molecule has 2 aliphatic heterocycles. The molecule has 6 nitrogen and oxygen atoms in total. The molecule has 1 aromatic carbocycles. The van der Waals surface area contributed by atoms with Gasteiger partial charge in [0.25, 0.3) is 0 Å². The zero-order chi connectivity index (χ0) is 17.3. The van der Waals surface area contributed by atoms with E-state index >= 15 is 0 Å². The summed E-state index contributed by atoms with van der Waals surface area (Å²) >= 11 is 0. The third-order valence-corrected chi connectivity index (χ3v) is 5.49. The first kappa shape index (κ1) is 16.4. The highest BCUT2D eigenvalue weighted by Gasteiger charge is 2.58. The zero-order valence-corrected chi connectivity index (χ0v) is 14.5. The molecule has 3 aliphatic rings. The predicted molar refractivity (Wildman–Crippen MR) is 95.6 cm³/mol. The number of rotatable bonds is 4. The molecule has 2 amide bonds. The monoisotopic (exact) mass is 343 g/mol. The van der Waals surface area contributed by atoms with Gasteiger partial charge in [-0.3, -0.25) is 9.59 Å². The molecule has 1 saturated carbocycles.